The molecule has 4 heteroatoms. The maximum absolute atomic E-state index is 11.9. The zero-order valence-electron chi connectivity index (χ0n) is 28.3. The van der Waals surface area contributed by atoms with Crippen molar-refractivity contribution < 1.29 is 20.4 Å². The molecular weight excluding hydrogens is 544 g/mol. The summed E-state index contributed by atoms with van der Waals surface area (Å²) in [6.45, 7) is 9.79. The molecule has 0 saturated heterocycles. The summed E-state index contributed by atoms with van der Waals surface area (Å²) >= 11 is 0. The van der Waals surface area contributed by atoms with E-state index in [2.05, 4.69) is 39.5 Å². The monoisotopic (exact) mass is 606 g/mol. The molecule has 4 N–H and O–H groups in total. The third kappa shape index (κ3) is 4.23. The minimum atomic E-state index is -0.977. The first-order valence-electron chi connectivity index (χ1n) is 19.1. The van der Waals surface area contributed by atoms with Gasteiger partial charge in [0.25, 0.3) is 0 Å². The van der Waals surface area contributed by atoms with Crippen LogP contribution in [0.5, 0.6) is 0 Å². The van der Waals surface area contributed by atoms with Crippen LogP contribution in [0.3, 0.4) is 0 Å². The highest BCUT2D eigenvalue weighted by Gasteiger charge is 2.63. The van der Waals surface area contributed by atoms with E-state index in [-0.39, 0.29) is 33.9 Å². The Hall–Kier alpha value is -0.600. The van der Waals surface area contributed by atoms with Crippen LogP contribution >= 0.6 is 0 Å². The molecular formula is C40H62O4. The second kappa shape index (κ2) is 9.96. The van der Waals surface area contributed by atoms with Crippen molar-refractivity contribution in [2.45, 2.75) is 167 Å². The van der Waals surface area contributed by atoms with Gasteiger partial charge in [0.1, 0.15) is 11.2 Å². The molecule has 0 spiro atoms. The molecule has 0 aromatic rings. The molecule has 0 heterocycles. The topological polar surface area (TPSA) is 80.9 Å². The predicted octanol–water partition coefficient (Wildman–Crippen LogP) is 7.26. The molecule has 4 nitrogen and oxygen atoms in total. The number of rotatable bonds is 0. The van der Waals surface area contributed by atoms with Crippen molar-refractivity contribution >= 4 is 0 Å². The van der Waals surface area contributed by atoms with Gasteiger partial charge < -0.3 is 20.4 Å². The quantitative estimate of drug-likeness (QED) is 0.219. The van der Waals surface area contributed by atoms with E-state index in [9.17, 15) is 20.4 Å². The molecule has 8 saturated carbocycles. The SMILES string of the molecule is C[C@]12CC[C@H]3[C@@H](CC[C@H]4C[C@@](O)(C#C[C@@]5(O)CC[C@@]6(C)[C@@H](CC[C@@H]7[C@@H]6CC[C@]6(C)[C@@H](O)CC[C@@H]76)C5)CC[C@@]43C)[C@H]1CC[C@@H]2O. The van der Waals surface area contributed by atoms with Gasteiger partial charge in [-0.1, -0.05) is 39.5 Å². The standard InChI is InChI=1S/C40H62O4/c1-35-17-19-39(43,23-25(35)5-7-27-29-9-11-33(41)37(29,3)15-13-31(27)35)21-22-40(44)20-18-36(2)26(24-40)6-8-28-30-10-12-34(42)38(30,4)16-14-32(28)36/h25-34,41-44H,5-20,23-24H2,1-4H3/t25-,26-,27-,28-,29-,30+,31-,32-,33-,34-,35-,36-,37-,38-,39-,40-/m0/s1. The van der Waals surface area contributed by atoms with Crippen LogP contribution in [0, 0.1) is 80.8 Å². The molecule has 0 bridgehead atoms. The van der Waals surface area contributed by atoms with Crippen LogP contribution in [0.25, 0.3) is 0 Å². The van der Waals surface area contributed by atoms with E-state index in [4.69, 9.17) is 0 Å². The van der Waals surface area contributed by atoms with Crippen molar-refractivity contribution in [1.82, 2.24) is 0 Å². The maximum Gasteiger partial charge on any atom is 0.125 e. The fourth-order valence-corrected chi connectivity index (χ4v) is 14.9. The van der Waals surface area contributed by atoms with Gasteiger partial charge in [-0.25, -0.2) is 0 Å². The zero-order chi connectivity index (χ0) is 30.9. The highest BCUT2D eigenvalue weighted by atomic mass is 16.3. The average Bonchev–Trinajstić information content (AvgIpc) is 3.47. The summed E-state index contributed by atoms with van der Waals surface area (Å²) in [5.74, 6) is 12.0. The van der Waals surface area contributed by atoms with Crippen molar-refractivity contribution in [3.63, 3.8) is 0 Å². The van der Waals surface area contributed by atoms with Gasteiger partial charge in [-0.05, 0) is 185 Å². The molecule has 0 aromatic carbocycles. The summed E-state index contributed by atoms with van der Waals surface area (Å²) in [4.78, 5) is 0. The molecule has 8 aliphatic carbocycles. The minimum Gasteiger partial charge on any atom is -0.393 e. The molecule has 0 unspecified atom stereocenters. The van der Waals surface area contributed by atoms with E-state index in [1.165, 1.54) is 51.4 Å². The summed E-state index contributed by atoms with van der Waals surface area (Å²) in [5.41, 5.74) is -1.19. The number of aliphatic hydroxyl groups is 4. The third-order valence-electron chi connectivity index (χ3n) is 17.9. The molecule has 8 rings (SSSR count). The van der Waals surface area contributed by atoms with Gasteiger partial charge in [-0.3, -0.25) is 0 Å². The van der Waals surface area contributed by atoms with Crippen molar-refractivity contribution in [3.8, 4) is 11.8 Å². The molecule has 8 aliphatic rings. The highest BCUT2D eigenvalue weighted by Crippen LogP contribution is 2.68. The fraction of sp³-hybridized carbons (Fsp3) is 0.950. The third-order valence-corrected chi connectivity index (χ3v) is 17.9. The van der Waals surface area contributed by atoms with E-state index in [1.54, 1.807) is 0 Å². The van der Waals surface area contributed by atoms with Crippen LogP contribution in [0.4, 0.5) is 0 Å². The van der Waals surface area contributed by atoms with Crippen LogP contribution in [-0.4, -0.2) is 43.8 Å². The smallest absolute Gasteiger partial charge is 0.125 e. The highest BCUT2D eigenvalue weighted by molar-refractivity contribution is 5.26. The van der Waals surface area contributed by atoms with Crippen LogP contribution in [0.2, 0.25) is 0 Å². The number of hydrogen-bond donors (Lipinski definition) is 4. The summed E-state index contributed by atoms with van der Waals surface area (Å²) in [5, 5.41) is 45.5. The molecule has 44 heavy (non-hydrogen) atoms. The van der Waals surface area contributed by atoms with E-state index >= 15 is 0 Å². The summed E-state index contributed by atoms with van der Waals surface area (Å²) in [7, 11) is 0. The Morgan fingerprint density at radius 1 is 0.432 bits per heavy atom. The molecule has 246 valence electrons. The van der Waals surface area contributed by atoms with Crippen LogP contribution in [-0.2, 0) is 0 Å². The lowest BCUT2D eigenvalue weighted by atomic mass is 9.44. The average molecular weight is 607 g/mol. The molecule has 0 amide bonds. The first-order chi connectivity index (χ1) is 20.7. The predicted molar refractivity (Wildman–Crippen MR) is 173 cm³/mol. The Labute approximate surface area is 267 Å². The largest absolute Gasteiger partial charge is 0.393 e. The zero-order valence-corrected chi connectivity index (χ0v) is 28.3. The number of fused-ring (bicyclic) bond motifs is 10. The first-order valence-corrected chi connectivity index (χ1v) is 19.1. The van der Waals surface area contributed by atoms with Gasteiger partial charge in [0.05, 0.1) is 12.2 Å². The molecule has 0 radical (unpaired) electrons. The van der Waals surface area contributed by atoms with Gasteiger partial charge in [0, 0.05) is 0 Å². The lowest BCUT2D eigenvalue weighted by molar-refractivity contribution is -0.145. The number of aliphatic hydroxyl groups excluding tert-OH is 2. The van der Waals surface area contributed by atoms with Crippen molar-refractivity contribution in [1.29, 1.82) is 0 Å². The second-order valence-electron chi connectivity index (χ2n) is 19.3. The summed E-state index contributed by atoms with van der Waals surface area (Å²) < 4.78 is 0. The lowest BCUT2D eigenvalue weighted by Crippen LogP contribution is -2.56. The van der Waals surface area contributed by atoms with E-state index in [0.29, 0.717) is 35.5 Å². The second-order valence-corrected chi connectivity index (χ2v) is 19.3. The summed E-state index contributed by atoms with van der Waals surface area (Å²) in [6, 6.07) is 0. The molecule has 8 fully saturated rings. The van der Waals surface area contributed by atoms with Gasteiger partial charge in [0.15, 0.2) is 0 Å². The van der Waals surface area contributed by atoms with E-state index in [1.807, 2.05) is 0 Å². The fourth-order valence-electron chi connectivity index (χ4n) is 14.9. The number of hydrogen-bond acceptors (Lipinski definition) is 4. The van der Waals surface area contributed by atoms with Crippen molar-refractivity contribution in [2.24, 2.45) is 69.0 Å². The van der Waals surface area contributed by atoms with Crippen LogP contribution in [0.1, 0.15) is 143 Å². The van der Waals surface area contributed by atoms with Crippen molar-refractivity contribution in [2.75, 3.05) is 0 Å². The Kier molecular flexibility index (Phi) is 6.96. The minimum absolute atomic E-state index is 0.118. The van der Waals surface area contributed by atoms with Crippen LogP contribution in [0.15, 0.2) is 0 Å². The Balaban J connectivity index is 0.951. The normalized spacial score (nSPS) is 61.3. The van der Waals surface area contributed by atoms with Gasteiger partial charge in [-0.15, -0.1) is 0 Å². The van der Waals surface area contributed by atoms with E-state index < -0.39 is 11.2 Å². The molecule has 16 atom stereocenters. The van der Waals surface area contributed by atoms with E-state index in [0.717, 1.165) is 76.0 Å². The van der Waals surface area contributed by atoms with Crippen molar-refractivity contribution in [3.05, 3.63) is 0 Å². The Morgan fingerprint density at radius 3 is 1.23 bits per heavy atom. The van der Waals surface area contributed by atoms with Gasteiger partial charge in [-0.2, -0.15) is 0 Å². The van der Waals surface area contributed by atoms with Gasteiger partial charge in [0.2, 0.25) is 0 Å². The Bertz CT molecular complexity index is 1130. The molecule has 0 aromatic heterocycles. The maximum atomic E-state index is 11.9. The molecule has 0 aliphatic heterocycles. The van der Waals surface area contributed by atoms with Gasteiger partial charge >= 0.3 is 0 Å². The Morgan fingerprint density at radius 2 is 0.818 bits per heavy atom. The first kappa shape index (κ1) is 30.7. The summed E-state index contributed by atoms with van der Waals surface area (Å²) in [6.07, 6.45) is 18.8. The lowest BCUT2D eigenvalue weighted by Gasteiger charge is -2.61. The van der Waals surface area contributed by atoms with Crippen LogP contribution < -0.4 is 0 Å².